The van der Waals surface area contributed by atoms with Crippen LogP contribution in [0.15, 0.2) is 5.10 Å². The minimum absolute atomic E-state index is 0.0959. The van der Waals surface area contributed by atoms with E-state index in [2.05, 4.69) is 10.2 Å². The molecule has 3 rings (SSSR count). The third-order valence-electron chi connectivity index (χ3n) is 4.03. The quantitative estimate of drug-likeness (QED) is 0.809. The van der Waals surface area contributed by atoms with Crippen molar-refractivity contribution in [2.45, 2.75) is 50.1 Å². The SMILES string of the molecule is O=C(Cn1nc(C(F)F)c(Cl)c1C1CC1)N1N=CCC1(O)C(F)(F)F. The van der Waals surface area contributed by atoms with Crippen LogP contribution in [0, 0.1) is 0 Å². The minimum Gasteiger partial charge on any atom is -0.362 e. The number of amides is 1. The molecule has 1 N–H and O–H groups in total. The largest absolute Gasteiger partial charge is 0.438 e. The fraction of sp³-hybridized carbons (Fsp3) is 0.615. The predicted molar refractivity (Wildman–Crippen MR) is 75.1 cm³/mol. The van der Waals surface area contributed by atoms with Gasteiger partial charge in [-0.3, -0.25) is 9.48 Å². The van der Waals surface area contributed by atoms with Crippen molar-refractivity contribution in [3.05, 3.63) is 16.4 Å². The van der Waals surface area contributed by atoms with Crippen LogP contribution in [0.1, 0.15) is 43.0 Å². The maximum absolute atomic E-state index is 13.0. The molecule has 12 heteroatoms. The number of hydrogen-bond donors (Lipinski definition) is 1. The molecule has 138 valence electrons. The van der Waals surface area contributed by atoms with Crippen LogP contribution >= 0.6 is 11.6 Å². The van der Waals surface area contributed by atoms with Crippen LogP contribution in [0.25, 0.3) is 0 Å². The highest BCUT2D eigenvalue weighted by atomic mass is 35.5. The summed E-state index contributed by atoms with van der Waals surface area (Å²) in [5.74, 6) is -1.42. The summed E-state index contributed by atoms with van der Waals surface area (Å²) in [5.41, 5.74) is -4.01. The first-order chi connectivity index (χ1) is 11.6. The monoisotopic (exact) mass is 386 g/mol. The summed E-state index contributed by atoms with van der Waals surface area (Å²) in [4.78, 5) is 12.2. The van der Waals surface area contributed by atoms with Crippen LogP contribution in [0.2, 0.25) is 5.02 Å². The molecule has 1 atom stereocenters. The molecule has 1 fully saturated rings. The van der Waals surface area contributed by atoms with Crippen molar-refractivity contribution in [2.24, 2.45) is 5.10 Å². The molecule has 2 heterocycles. The zero-order valence-corrected chi connectivity index (χ0v) is 13.2. The van der Waals surface area contributed by atoms with E-state index in [0.29, 0.717) is 12.8 Å². The van der Waals surface area contributed by atoms with Crippen molar-refractivity contribution in [1.82, 2.24) is 14.8 Å². The Morgan fingerprint density at radius 2 is 2.08 bits per heavy atom. The van der Waals surface area contributed by atoms with Crippen LogP contribution in [-0.2, 0) is 11.3 Å². The van der Waals surface area contributed by atoms with Gasteiger partial charge in [-0.1, -0.05) is 11.6 Å². The van der Waals surface area contributed by atoms with Gasteiger partial charge in [0.1, 0.15) is 12.2 Å². The minimum atomic E-state index is -5.13. The number of rotatable bonds is 4. The van der Waals surface area contributed by atoms with Crippen LogP contribution in [-0.4, -0.2) is 43.9 Å². The molecule has 2 aliphatic rings. The van der Waals surface area contributed by atoms with Gasteiger partial charge >= 0.3 is 6.18 Å². The second kappa shape index (κ2) is 5.90. The molecule has 0 radical (unpaired) electrons. The Balaban J connectivity index is 1.89. The zero-order valence-electron chi connectivity index (χ0n) is 12.5. The number of nitrogens with zero attached hydrogens (tertiary/aromatic N) is 4. The van der Waals surface area contributed by atoms with Crippen molar-refractivity contribution in [3.8, 4) is 0 Å². The molecule has 1 aromatic rings. The highest BCUT2D eigenvalue weighted by Crippen LogP contribution is 2.46. The molecular weight excluding hydrogens is 375 g/mol. The highest BCUT2D eigenvalue weighted by Gasteiger charge is 2.61. The maximum Gasteiger partial charge on any atom is 0.438 e. The lowest BCUT2D eigenvalue weighted by Gasteiger charge is -2.32. The Morgan fingerprint density at radius 1 is 1.44 bits per heavy atom. The second-order valence-electron chi connectivity index (χ2n) is 5.84. The van der Waals surface area contributed by atoms with E-state index in [1.54, 1.807) is 0 Å². The first kappa shape index (κ1) is 18.1. The second-order valence-corrected chi connectivity index (χ2v) is 6.22. The standard InChI is InChI=1S/C13H12ClF5N4O2/c14-8-9(11(15)16)21-22(10(8)6-1-2-6)5-7(24)23-12(25,3-4-20-23)13(17,18)19/h4,6,11,25H,1-3,5H2. The smallest absolute Gasteiger partial charge is 0.362 e. The Bertz CT molecular complexity index is 731. The van der Waals surface area contributed by atoms with Gasteiger partial charge in [0, 0.05) is 18.6 Å². The topological polar surface area (TPSA) is 70.7 Å². The lowest BCUT2D eigenvalue weighted by molar-refractivity contribution is -0.302. The van der Waals surface area contributed by atoms with Gasteiger partial charge in [0.05, 0.1) is 10.7 Å². The van der Waals surface area contributed by atoms with Gasteiger partial charge in [0.15, 0.2) is 0 Å². The molecule has 1 aromatic heterocycles. The maximum atomic E-state index is 13.0. The third kappa shape index (κ3) is 2.99. The molecule has 0 saturated heterocycles. The fourth-order valence-electron chi connectivity index (χ4n) is 2.61. The number of hydrogen-bond acceptors (Lipinski definition) is 4. The van der Waals surface area contributed by atoms with Gasteiger partial charge in [-0.2, -0.15) is 28.4 Å². The van der Waals surface area contributed by atoms with Gasteiger partial charge in [-0.05, 0) is 12.8 Å². The van der Waals surface area contributed by atoms with Gasteiger partial charge in [-0.25, -0.2) is 8.78 Å². The Morgan fingerprint density at radius 3 is 2.60 bits per heavy atom. The number of halogens is 6. The molecule has 1 aliphatic carbocycles. The van der Waals surface area contributed by atoms with E-state index in [-0.39, 0.29) is 21.6 Å². The van der Waals surface area contributed by atoms with Crippen molar-refractivity contribution >= 4 is 23.7 Å². The lowest BCUT2D eigenvalue weighted by atomic mass is 10.1. The van der Waals surface area contributed by atoms with Crippen molar-refractivity contribution < 1.29 is 31.9 Å². The molecule has 0 bridgehead atoms. The predicted octanol–water partition coefficient (Wildman–Crippen LogP) is 2.82. The van der Waals surface area contributed by atoms with E-state index < -0.39 is 42.9 Å². The molecule has 25 heavy (non-hydrogen) atoms. The molecule has 0 aromatic carbocycles. The van der Waals surface area contributed by atoms with E-state index in [9.17, 15) is 31.9 Å². The Kier molecular flexibility index (Phi) is 4.26. The van der Waals surface area contributed by atoms with E-state index in [4.69, 9.17) is 11.6 Å². The van der Waals surface area contributed by atoms with E-state index in [1.165, 1.54) is 0 Å². The number of aliphatic hydroxyl groups is 1. The van der Waals surface area contributed by atoms with E-state index >= 15 is 0 Å². The number of hydrazone groups is 1. The summed E-state index contributed by atoms with van der Waals surface area (Å²) in [6, 6.07) is 0. The van der Waals surface area contributed by atoms with Crippen LogP contribution in [0.3, 0.4) is 0 Å². The van der Waals surface area contributed by atoms with Gasteiger partial charge < -0.3 is 5.11 Å². The summed E-state index contributed by atoms with van der Waals surface area (Å²) in [6.45, 7) is -0.798. The third-order valence-corrected chi connectivity index (χ3v) is 4.41. The van der Waals surface area contributed by atoms with Crippen LogP contribution in [0.4, 0.5) is 22.0 Å². The van der Waals surface area contributed by atoms with Gasteiger partial charge in [0.25, 0.3) is 18.1 Å². The first-order valence-electron chi connectivity index (χ1n) is 7.25. The Hall–Kier alpha value is -1.75. The van der Waals surface area contributed by atoms with Gasteiger partial charge in [-0.15, -0.1) is 0 Å². The summed E-state index contributed by atoms with van der Waals surface area (Å²) in [5, 5.41) is 16.2. The number of alkyl halides is 5. The molecule has 1 unspecified atom stereocenters. The highest BCUT2D eigenvalue weighted by molar-refractivity contribution is 6.32. The molecule has 1 amide bonds. The van der Waals surface area contributed by atoms with Crippen molar-refractivity contribution in [3.63, 3.8) is 0 Å². The summed E-state index contributed by atoms with van der Waals surface area (Å²) in [7, 11) is 0. The molecule has 6 nitrogen and oxygen atoms in total. The summed E-state index contributed by atoms with van der Waals surface area (Å²) < 4.78 is 65.8. The summed E-state index contributed by atoms with van der Waals surface area (Å²) in [6.07, 6.45) is -6.98. The van der Waals surface area contributed by atoms with Crippen LogP contribution in [0.5, 0.6) is 0 Å². The number of carbonyl (C=O) groups excluding carboxylic acids is 1. The average Bonchev–Trinajstić information content (AvgIpc) is 3.15. The molecule has 1 saturated carbocycles. The molecular formula is C13H12ClF5N4O2. The normalized spacial score (nSPS) is 23.8. The first-order valence-corrected chi connectivity index (χ1v) is 7.63. The van der Waals surface area contributed by atoms with E-state index in [1.807, 2.05) is 0 Å². The van der Waals surface area contributed by atoms with Crippen molar-refractivity contribution in [2.75, 3.05) is 0 Å². The lowest BCUT2D eigenvalue weighted by Crippen LogP contribution is -2.57. The molecule has 1 aliphatic heterocycles. The summed E-state index contributed by atoms with van der Waals surface area (Å²) >= 11 is 5.88. The molecule has 0 spiro atoms. The van der Waals surface area contributed by atoms with Crippen LogP contribution < -0.4 is 0 Å². The van der Waals surface area contributed by atoms with E-state index in [0.717, 1.165) is 10.9 Å². The Labute approximate surface area is 142 Å². The fourth-order valence-corrected chi connectivity index (χ4v) is 2.98. The number of aromatic nitrogens is 2. The zero-order chi connectivity index (χ0) is 18.6. The average molecular weight is 387 g/mol. The number of carbonyl (C=O) groups is 1. The van der Waals surface area contributed by atoms with Crippen molar-refractivity contribution in [1.29, 1.82) is 0 Å². The van der Waals surface area contributed by atoms with Gasteiger partial charge in [0.2, 0.25) is 0 Å².